The van der Waals surface area contributed by atoms with Crippen molar-refractivity contribution in [1.29, 1.82) is 0 Å². The molecular weight excluding hydrogens is 199 g/mol. The quantitative estimate of drug-likeness (QED) is 0.666. The zero-order chi connectivity index (χ0) is 11.2. The molecule has 0 atom stereocenters. The first-order chi connectivity index (χ1) is 6.49. The molecule has 0 saturated carbocycles. The number of rotatable bonds is 2. The van der Waals surface area contributed by atoms with E-state index in [0.717, 1.165) is 13.2 Å². The first-order valence-electron chi connectivity index (χ1n) is 5.22. The molecule has 0 amide bonds. The molecule has 0 bridgehead atoms. The maximum Gasteiger partial charge on any atom is 0.332 e. The SMILES string of the molecule is CC.CC(C)OP1OCC(C)(C)CO1. The van der Waals surface area contributed by atoms with Gasteiger partial charge in [-0.2, -0.15) is 0 Å². The van der Waals surface area contributed by atoms with Crippen molar-refractivity contribution in [3.8, 4) is 0 Å². The average Bonchev–Trinajstić information content (AvgIpc) is 2.12. The minimum atomic E-state index is -1.07. The van der Waals surface area contributed by atoms with E-state index in [0.29, 0.717) is 0 Å². The van der Waals surface area contributed by atoms with Gasteiger partial charge in [-0.1, -0.05) is 27.7 Å². The Morgan fingerprint density at radius 2 is 1.57 bits per heavy atom. The van der Waals surface area contributed by atoms with Gasteiger partial charge in [0.15, 0.2) is 0 Å². The third-order valence-electron chi connectivity index (χ3n) is 1.42. The highest BCUT2D eigenvalue weighted by Gasteiger charge is 2.30. The number of hydrogen-bond donors (Lipinski definition) is 0. The molecule has 1 heterocycles. The van der Waals surface area contributed by atoms with E-state index in [1.165, 1.54) is 0 Å². The molecule has 1 saturated heterocycles. The van der Waals surface area contributed by atoms with Crippen LogP contribution in [-0.4, -0.2) is 19.3 Å². The van der Waals surface area contributed by atoms with Gasteiger partial charge in [0.25, 0.3) is 0 Å². The van der Waals surface area contributed by atoms with Gasteiger partial charge in [-0.05, 0) is 13.8 Å². The van der Waals surface area contributed by atoms with Gasteiger partial charge in [0.2, 0.25) is 0 Å². The van der Waals surface area contributed by atoms with Gasteiger partial charge in [0.05, 0.1) is 19.3 Å². The summed E-state index contributed by atoms with van der Waals surface area (Å²) in [6.07, 6.45) is 0.178. The second-order valence-electron chi connectivity index (χ2n) is 4.09. The first-order valence-corrected chi connectivity index (χ1v) is 6.32. The van der Waals surface area contributed by atoms with Gasteiger partial charge in [-0.15, -0.1) is 0 Å². The van der Waals surface area contributed by atoms with E-state index in [2.05, 4.69) is 13.8 Å². The molecule has 0 spiro atoms. The van der Waals surface area contributed by atoms with Crippen molar-refractivity contribution in [2.24, 2.45) is 5.41 Å². The molecule has 1 aliphatic heterocycles. The topological polar surface area (TPSA) is 27.7 Å². The Balaban J connectivity index is 0.000000791. The van der Waals surface area contributed by atoms with Crippen LogP contribution in [0.4, 0.5) is 0 Å². The van der Waals surface area contributed by atoms with E-state index in [-0.39, 0.29) is 11.5 Å². The molecule has 1 fully saturated rings. The second-order valence-corrected chi connectivity index (χ2v) is 5.26. The van der Waals surface area contributed by atoms with Gasteiger partial charge >= 0.3 is 8.60 Å². The van der Waals surface area contributed by atoms with E-state index >= 15 is 0 Å². The van der Waals surface area contributed by atoms with Gasteiger partial charge < -0.3 is 13.6 Å². The highest BCUT2D eigenvalue weighted by molar-refractivity contribution is 7.41. The fourth-order valence-electron chi connectivity index (χ4n) is 0.767. The first kappa shape index (κ1) is 14.3. The van der Waals surface area contributed by atoms with Gasteiger partial charge in [0.1, 0.15) is 0 Å². The lowest BCUT2D eigenvalue weighted by molar-refractivity contribution is 0.0200. The summed E-state index contributed by atoms with van der Waals surface area (Å²) in [6.45, 7) is 13.7. The van der Waals surface area contributed by atoms with Crippen LogP contribution in [0.1, 0.15) is 41.5 Å². The van der Waals surface area contributed by atoms with Crippen molar-refractivity contribution >= 4 is 8.60 Å². The predicted octanol–water partition coefficient (Wildman–Crippen LogP) is 3.74. The summed E-state index contributed by atoms with van der Waals surface area (Å²) in [5, 5.41) is 0. The highest BCUT2D eigenvalue weighted by atomic mass is 31.2. The summed E-state index contributed by atoms with van der Waals surface area (Å²) in [5.74, 6) is 0. The Hall–Kier alpha value is 0.310. The van der Waals surface area contributed by atoms with Crippen molar-refractivity contribution < 1.29 is 13.6 Å². The van der Waals surface area contributed by atoms with E-state index in [1.54, 1.807) is 0 Å². The maximum atomic E-state index is 5.42. The Kier molecular flexibility index (Phi) is 6.88. The Morgan fingerprint density at radius 3 is 1.93 bits per heavy atom. The van der Waals surface area contributed by atoms with Crippen LogP contribution in [-0.2, 0) is 13.6 Å². The number of hydrogen-bond acceptors (Lipinski definition) is 3. The molecule has 1 aliphatic rings. The zero-order valence-electron chi connectivity index (χ0n) is 10.2. The van der Waals surface area contributed by atoms with Gasteiger partial charge in [0, 0.05) is 5.41 Å². The van der Waals surface area contributed by atoms with Crippen LogP contribution in [0.3, 0.4) is 0 Å². The minimum absolute atomic E-state index is 0.138. The Labute approximate surface area is 89.1 Å². The molecule has 4 heteroatoms. The molecule has 14 heavy (non-hydrogen) atoms. The van der Waals surface area contributed by atoms with E-state index in [9.17, 15) is 0 Å². The van der Waals surface area contributed by atoms with E-state index in [1.807, 2.05) is 27.7 Å². The minimum Gasteiger partial charge on any atom is -0.312 e. The van der Waals surface area contributed by atoms with Crippen LogP contribution in [0.25, 0.3) is 0 Å². The highest BCUT2D eigenvalue weighted by Crippen LogP contribution is 2.47. The molecule has 0 unspecified atom stereocenters. The molecular formula is C10H23O3P. The van der Waals surface area contributed by atoms with Crippen LogP contribution in [0, 0.1) is 5.41 Å². The van der Waals surface area contributed by atoms with Crippen molar-refractivity contribution in [2.45, 2.75) is 47.6 Å². The van der Waals surface area contributed by atoms with Crippen LogP contribution in [0.15, 0.2) is 0 Å². The molecule has 3 nitrogen and oxygen atoms in total. The van der Waals surface area contributed by atoms with Crippen LogP contribution in [0.5, 0.6) is 0 Å². The maximum absolute atomic E-state index is 5.42. The van der Waals surface area contributed by atoms with Gasteiger partial charge in [-0.25, -0.2) is 0 Å². The summed E-state index contributed by atoms with van der Waals surface area (Å²) in [6, 6.07) is 0. The van der Waals surface area contributed by atoms with Crippen molar-refractivity contribution in [3.05, 3.63) is 0 Å². The molecule has 0 aromatic carbocycles. The monoisotopic (exact) mass is 222 g/mol. The lowest BCUT2D eigenvalue weighted by Gasteiger charge is -2.33. The third kappa shape index (κ3) is 5.92. The Bertz CT molecular complexity index is 138. The molecule has 86 valence electrons. The van der Waals surface area contributed by atoms with Crippen molar-refractivity contribution in [2.75, 3.05) is 13.2 Å². The van der Waals surface area contributed by atoms with E-state index in [4.69, 9.17) is 13.6 Å². The molecule has 0 aromatic rings. The van der Waals surface area contributed by atoms with Crippen molar-refractivity contribution in [1.82, 2.24) is 0 Å². The van der Waals surface area contributed by atoms with E-state index < -0.39 is 8.60 Å². The van der Waals surface area contributed by atoms with Crippen LogP contribution >= 0.6 is 8.60 Å². The summed E-state index contributed by atoms with van der Waals surface area (Å²) in [4.78, 5) is 0. The normalized spacial score (nSPS) is 21.6. The third-order valence-corrected chi connectivity index (χ3v) is 2.69. The lowest BCUT2D eigenvalue weighted by atomic mass is 9.97. The fraction of sp³-hybridized carbons (Fsp3) is 1.00. The lowest BCUT2D eigenvalue weighted by Crippen LogP contribution is -2.28. The summed E-state index contributed by atoms with van der Waals surface area (Å²) < 4.78 is 16.3. The largest absolute Gasteiger partial charge is 0.332 e. The summed E-state index contributed by atoms with van der Waals surface area (Å²) in [5.41, 5.74) is 0.138. The molecule has 1 rings (SSSR count). The standard InChI is InChI=1S/C8H17O3P.C2H6/c1-7(2)11-12-9-5-8(3,4)6-10-12;1-2/h7H,5-6H2,1-4H3;1-2H3. The summed E-state index contributed by atoms with van der Waals surface area (Å²) in [7, 11) is -1.07. The van der Waals surface area contributed by atoms with Gasteiger partial charge in [-0.3, -0.25) is 0 Å². The molecule has 0 radical (unpaired) electrons. The Morgan fingerprint density at radius 1 is 1.14 bits per heavy atom. The molecule has 0 aliphatic carbocycles. The smallest absolute Gasteiger partial charge is 0.312 e. The predicted molar refractivity (Wildman–Crippen MR) is 60.2 cm³/mol. The second kappa shape index (κ2) is 6.73. The molecule has 0 N–H and O–H groups in total. The van der Waals surface area contributed by atoms with Crippen LogP contribution < -0.4 is 0 Å². The van der Waals surface area contributed by atoms with Crippen molar-refractivity contribution in [3.63, 3.8) is 0 Å². The van der Waals surface area contributed by atoms with Crippen LogP contribution in [0.2, 0.25) is 0 Å². The zero-order valence-corrected chi connectivity index (χ0v) is 11.1. The average molecular weight is 222 g/mol. The summed E-state index contributed by atoms with van der Waals surface area (Å²) >= 11 is 0. The molecule has 0 aromatic heterocycles. The fourth-order valence-corrected chi connectivity index (χ4v) is 2.22.